The van der Waals surface area contributed by atoms with Crippen LogP contribution in [0.3, 0.4) is 0 Å². The van der Waals surface area contributed by atoms with Crippen LogP contribution in [0.15, 0.2) is 36.4 Å². The van der Waals surface area contributed by atoms with Crippen LogP contribution in [0.2, 0.25) is 5.02 Å². The third-order valence-electron chi connectivity index (χ3n) is 3.23. The summed E-state index contributed by atoms with van der Waals surface area (Å²) in [6, 6.07) is 12.1. The first-order chi connectivity index (χ1) is 9.58. The fourth-order valence-electron chi connectivity index (χ4n) is 2.24. The van der Waals surface area contributed by atoms with E-state index in [0.717, 1.165) is 34.1 Å². The molecule has 0 unspecified atom stereocenters. The van der Waals surface area contributed by atoms with Gasteiger partial charge in [-0.1, -0.05) is 29.8 Å². The largest absolute Gasteiger partial charge is 0.491 e. The van der Waals surface area contributed by atoms with Gasteiger partial charge in [0, 0.05) is 17.3 Å². The summed E-state index contributed by atoms with van der Waals surface area (Å²) in [5.41, 5.74) is 4.55. The molecule has 0 aromatic heterocycles. The summed E-state index contributed by atoms with van der Waals surface area (Å²) in [6.45, 7) is 7.52. The summed E-state index contributed by atoms with van der Waals surface area (Å²) in [5, 5.41) is 4.14. The fraction of sp³-hybridized carbons (Fsp3) is 0.294. The number of rotatable bonds is 5. The van der Waals surface area contributed by atoms with Gasteiger partial charge in [0.25, 0.3) is 0 Å². The molecule has 0 amide bonds. The molecular weight excluding hydrogens is 270 g/mol. The third-order valence-corrected chi connectivity index (χ3v) is 3.45. The molecule has 0 saturated carbocycles. The number of hydrogen-bond acceptors (Lipinski definition) is 2. The van der Waals surface area contributed by atoms with Crippen molar-refractivity contribution in [3.8, 4) is 5.75 Å². The summed E-state index contributed by atoms with van der Waals surface area (Å²) in [7, 11) is 0. The van der Waals surface area contributed by atoms with Crippen molar-refractivity contribution in [1.29, 1.82) is 0 Å². The maximum Gasteiger partial charge on any atom is 0.125 e. The zero-order valence-corrected chi connectivity index (χ0v) is 12.9. The van der Waals surface area contributed by atoms with E-state index in [2.05, 4.69) is 24.4 Å². The van der Waals surface area contributed by atoms with Crippen LogP contribution in [-0.4, -0.2) is 13.2 Å². The van der Waals surface area contributed by atoms with E-state index >= 15 is 0 Å². The van der Waals surface area contributed by atoms with E-state index < -0.39 is 0 Å². The second kappa shape index (κ2) is 6.67. The normalized spacial score (nSPS) is 10.4. The average molecular weight is 290 g/mol. The summed E-state index contributed by atoms with van der Waals surface area (Å²) < 4.78 is 5.86. The number of aryl methyl sites for hydroxylation is 3. The molecule has 2 aromatic carbocycles. The van der Waals surface area contributed by atoms with Crippen LogP contribution in [0.5, 0.6) is 5.75 Å². The summed E-state index contributed by atoms with van der Waals surface area (Å²) in [5.74, 6) is 0.931. The summed E-state index contributed by atoms with van der Waals surface area (Å²) in [4.78, 5) is 0. The molecule has 0 aliphatic carbocycles. The van der Waals surface area contributed by atoms with Gasteiger partial charge in [-0.2, -0.15) is 0 Å². The van der Waals surface area contributed by atoms with Crippen LogP contribution in [0, 0.1) is 20.8 Å². The monoisotopic (exact) mass is 289 g/mol. The predicted octanol–water partition coefficient (Wildman–Crippen LogP) is 4.76. The molecule has 0 atom stereocenters. The van der Waals surface area contributed by atoms with Gasteiger partial charge < -0.3 is 10.1 Å². The van der Waals surface area contributed by atoms with E-state index in [1.54, 1.807) is 0 Å². The standard InChI is InChI=1S/C17H20ClNO/c1-12-6-4-5-7-16(12)19-8-9-20-17-13(2)10-15(18)11-14(17)3/h4-7,10-11,19H,8-9H2,1-3H3. The molecule has 1 N–H and O–H groups in total. The van der Waals surface area contributed by atoms with Crippen LogP contribution in [0.1, 0.15) is 16.7 Å². The lowest BCUT2D eigenvalue weighted by Gasteiger charge is -2.14. The van der Waals surface area contributed by atoms with E-state index in [-0.39, 0.29) is 0 Å². The lowest BCUT2D eigenvalue weighted by atomic mass is 10.1. The van der Waals surface area contributed by atoms with E-state index in [0.29, 0.717) is 6.61 Å². The molecule has 0 spiro atoms. The Hall–Kier alpha value is -1.67. The molecule has 2 nitrogen and oxygen atoms in total. The minimum Gasteiger partial charge on any atom is -0.491 e. The Labute approximate surface area is 125 Å². The van der Waals surface area contributed by atoms with Crippen LogP contribution in [-0.2, 0) is 0 Å². The highest BCUT2D eigenvalue weighted by molar-refractivity contribution is 6.30. The quantitative estimate of drug-likeness (QED) is 0.802. The van der Waals surface area contributed by atoms with Gasteiger partial charge in [0.2, 0.25) is 0 Å². The second-order valence-electron chi connectivity index (χ2n) is 4.96. The van der Waals surface area contributed by atoms with E-state index in [1.165, 1.54) is 5.56 Å². The van der Waals surface area contributed by atoms with Crippen molar-refractivity contribution < 1.29 is 4.74 Å². The molecule has 106 valence electrons. The van der Waals surface area contributed by atoms with Crippen molar-refractivity contribution in [3.63, 3.8) is 0 Å². The van der Waals surface area contributed by atoms with E-state index in [4.69, 9.17) is 16.3 Å². The minimum absolute atomic E-state index is 0.623. The van der Waals surface area contributed by atoms with Crippen LogP contribution in [0.4, 0.5) is 5.69 Å². The average Bonchev–Trinajstić information content (AvgIpc) is 2.38. The molecule has 0 aliphatic rings. The number of benzene rings is 2. The number of para-hydroxylation sites is 1. The zero-order chi connectivity index (χ0) is 14.5. The molecule has 0 fully saturated rings. The predicted molar refractivity (Wildman–Crippen MR) is 86.1 cm³/mol. The van der Waals surface area contributed by atoms with Gasteiger partial charge in [-0.15, -0.1) is 0 Å². The van der Waals surface area contributed by atoms with Crippen molar-refractivity contribution >= 4 is 17.3 Å². The first-order valence-electron chi connectivity index (χ1n) is 6.77. The number of hydrogen-bond donors (Lipinski definition) is 1. The van der Waals surface area contributed by atoms with Crippen molar-refractivity contribution in [1.82, 2.24) is 0 Å². The molecule has 0 aliphatic heterocycles. The van der Waals surface area contributed by atoms with Gasteiger partial charge in [0.05, 0.1) is 0 Å². The van der Waals surface area contributed by atoms with Crippen molar-refractivity contribution in [2.24, 2.45) is 0 Å². The fourth-order valence-corrected chi connectivity index (χ4v) is 2.56. The second-order valence-corrected chi connectivity index (χ2v) is 5.40. The maximum absolute atomic E-state index is 6.01. The third kappa shape index (κ3) is 3.67. The molecule has 2 aromatic rings. The highest BCUT2D eigenvalue weighted by Gasteiger charge is 2.05. The van der Waals surface area contributed by atoms with Gasteiger partial charge in [-0.3, -0.25) is 0 Å². The first-order valence-corrected chi connectivity index (χ1v) is 7.15. The lowest BCUT2D eigenvalue weighted by molar-refractivity contribution is 0.328. The Morgan fingerprint density at radius 3 is 2.30 bits per heavy atom. The Kier molecular flexibility index (Phi) is 4.91. The lowest BCUT2D eigenvalue weighted by Crippen LogP contribution is -2.13. The Morgan fingerprint density at radius 2 is 1.65 bits per heavy atom. The smallest absolute Gasteiger partial charge is 0.125 e. The highest BCUT2D eigenvalue weighted by atomic mass is 35.5. The maximum atomic E-state index is 6.01. The Morgan fingerprint density at radius 1 is 1.00 bits per heavy atom. The molecule has 0 bridgehead atoms. The molecule has 20 heavy (non-hydrogen) atoms. The van der Waals surface area contributed by atoms with E-state index in [9.17, 15) is 0 Å². The van der Waals surface area contributed by atoms with E-state index in [1.807, 2.05) is 38.1 Å². The number of halogens is 1. The van der Waals surface area contributed by atoms with Crippen LogP contribution >= 0.6 is 11.6 Å². The molecular formula is C17H20ClNO. The molecule has 0 saturated heterocycles. The number of nitrogens with one attached hydrogen (secondary N) is 1. The Bertz CT molecular complexity index is 572. The molecule has 3 heteroatoms. The number of anilines is 1. The van der Waals surface area contributed by atoms with Gasteiger partial charge in [0.1, 0.15) is 12.4 Å². The van der Waals surface area contributed by atoms with Crippen LogP contribution in [0.25, 0.3) is 0 Å². The minimum atomic E-state index is 0.623. The summed E-state index contributed by atoms with van der Waals surface area (Å²) >= 11 is 6.01. The zero-order valence-electron chi connectivity index (χ0n) is 12.2. The van der Waals surface area contributed by atoms with Crippen molar-refractivity contribution in [3.05, 3.63) is 58.1 Å². The van der Waals surface area contributed by atoms with Crippen molar-refractivity contribution in [2.45, 2.75) is 20.8 Å². The first kappa shape index (κ1) is 14.7. The van der Waals surface area contributed by atoms with Gasteiger partial charge >= 0.3 is 0 Å². The molecule has 0 heterocycles. The van der Waals surface area contributed by atoms with Gasteiger partial charge in [0.15, 0.2) is 0 Å². The van der Waals surface area contributed by atoms with Crippen molar-refractivity contribution in [2.75, 3.05) is 18.5 Å². The molecule has 2 rings (SSSR count). The topological polar surface area (TPSA) is 21.3 Å². The molecule has 0 radical (unpaired) electrons. The highest BCUT2D eigenvalue weighted by Crippen LogP contribution is 2.26. The Balaban J connectivity index is 1.90. The summed E-state index contributed by atoms with van der Waals surface area (Å²) in [6.07, 6.45) is 0. The van der Waals surface area contributed by atoms with Crippen LogP contribution < -0.4 is 10.1 Å². The van der Waals surface area contributed by atoms with Gasteiger partial charge in [-0.05, 0) is 55.7 Å². The number of ether oxygens (including phenoxy) is 1. The SMILES string of the molecule is Cc1ccccc1NCCOc1c(C)cc(Cl)cc1C. The van der Waals surface area contributed by atoms with Gasteiger partial charge in [-0.25, -0.2) is 0 Å².